The number of carbonyl (C=O) groups excluding carboxylic acids is 3. The maximum absolute atomic E-state index is 13.7. The first-order chi connectivity index (χ1) is 19.2. The van der Waals surface area contributed by atoms with Crippen LogP contribution in [0.3, 0.4) is 0 Å². The topological polar surface area (TPSA) is 95.1 Å². The zero-order chi connectivity index (χ0) is 28.4. The highest BCUT2D eigenvalue weighted by atomic mass is 32.1. The number of ether oxygens (including phenoxy) is 1. The van der Waals surface area contributed by atoms with Crippen LogP contribution in [0.2, 0.25) is 0 Å². The molecule has 3 aliphatic heterocycles. The first-order valence-electron chi connectivity index (χ1n) is 14.0. The number of Topliss-reactive ketones (excluding diaryl/α,β-unsaturated/α-hetero) is 1. The molecule has 10 heteroatoms. The van der Waals surface area contributed by atoms with Crippen molar-refractivity contribution in [3.8, 4) is 23.6 Å². The number of nitrogens with one attached hydrogen (secondary N) is 1. The number of likely N-dealkylation sites (N-methyl/N-ethyl adjacent to an activating group) is 1. The number of fused-ring (bicyclic) bond motifs is 1. The largest absolute Gasteiger partial charge is 0.366 e. The molecule has 1 aromatic heterocycles. The zero-order valence-electron chi connectivity index (χ0n) is 23.3. The van der Waals surface area contributed by atoms with Crippen LogP contribution in [0, 0.1) is 24.2 Å². The Labute approximate surface area is 239 Å². The van der Waals surface area contributed by atoms with Crippen LogP contribution >= 0.6 is 11.3 Å². The number of benzene rings is 1. The van der Waals surface area contributed by atoms with Gasteiger partial charge in [-0.1, -0.05) is 31.9 Å². The summed E-state index contributed by atoms with van der Waals surface area (Å²) in [5.74, 6) is 1.93. The van der Waals surface area contributed by atoms with E-state index in [0.717, 1.165) is 49.0 Å². The third-order valence-electron chi connectivity index (χ3n) is 8.03. The van der Waals surface area contributed by atoms with Crippen LogP contribution in [0.1, 0.15) is 37.0 Å². The van der Waals surface area contributed by atoms with Crippen molar-refractivity contribution in [1.29, 1.82) is 0 Å². The summed E-state index contributed by atoms with van der Waals surface area (Å²) in [7, 11) is 2.13. The van der Waals surface area contributed by atoms with E-state index in [1.807, 2.05) is 17.5 Å². The first-order valence-corrected chi connectivity index (χ1v) is 14.8. The minimum atomic E-state index is -0.759. The van der Waals surface area contributed by atoms with Gasteiger partial charge in [-0.15, -0.1) is 17.8 Å². The Kier molecular flexibility index (Phi) is 8.54. The number of piperazine rings is 1. The highest BCUT2D eigenvalue weighted by molar-refractivity contribution is 7.14. The van der Waals surface area contributed by atoms with Gasteiger partial charge in [-0.3, -0.25) is 14.4 Å². The second-order valence-electron chi connectivity index (χ2n) is 11.3. The molecular formula is C30H37N5O4S. The smallest absolute Gasteiger partial charge is 0.251 e. The lowest BCUT2D eigenvalue weighted by Crippen LogP contribution is -2.52. The fraction of sp³-hybridized carbons (Fsp3) is 0.533. The highest BCUT2D eigenvalue weighted by Crippen LogP contribution is 2.32. The van der Waals surface area contributed by atoms with Gasteiger partial charge in [-0.2, -0.15) is 0 Å². The lowest BCUT2D eigenvalue weighted by molar-refractivity contribution is -0.138. The van der Waals surface area contributed by atoms with Crippen molar-refractivity contribution in [3.05, 3.63) is 35.2 Å². The number of likely N-dealkylation sites (tertiary alicyclic amines) is 1. The van der Waals surface area contributed by atoms with Crippen molar-refractivity contribution < 1.29 is 19.1 Å². The van der Waals surface area contributed by atoms with Gasteiger partial charge in [0.05, 0.1) is 11.6 Å². The van der Waals surface area contributed by atoms with E-state index >= 15 is 0 Å². The molecule has 4 atom stereocenters. The number of hydrogen-bond donors (Lipinski definition) is 1. The average Bonchev–Trinajstić information content (AvgIpc) is 3.68. The van der Waals surface area contributed by atoms with E-state index in [1.165, 1.54) is 4.90 Å². The summed E-state index contributed by atoms with van der Waals surface area (Å²) in [6.07, 6.45) is 6.42. The van der Waals surface area contributed by atoms with Crippen molar-refractivity contribution in [3.63, 3.8) is 0 Å². The molecule has 3 fully saturated rings. The number of thiazole rings is 1. The van der Waals surface area contributed by atoms with E-state index in [0.29, 0.717) is 17.9 Å². The summed E-state index contributed by atoms with van der Waals surface area (Å²) in [5, 5.41) is 6.00. The Morgan fingerprint density at radius 3 is 2.58 bits per heavy atom. The molecule has 9 nitrogen and oxygen atoms in total. The van der Waals surface area contributed by atoms with E-state index < -0.39 is 18.2 Å². The van der Waals surface area contributed by atoms with Crippen LogP contribution in [0.25, 0.3) is 11.3 Å². The summed E-state index contributed by atoms with van der Waals surface area (Å²) in [4.78, 5) is 50.5. The van der Waals surface area contributed by atoms with Crippen molar-refractivity contribution >= 4 is 34.1 Å². The minimum absolute atomic E-state index is 0.0392. The Balaban J connectivity index is 1.27. The van der Waals surface area contributed by atoms with Gasteiger partial charge < -0.3 is 24.8 Å². The lowest BCUT2D eigenvalue weighted by atomic mass is 10.0. The van der Waals surface area contributed by atoms with Crippen LogP contribution in [0.15, 0.2) is 29.6 Å². The number of carbonyl (C=O) groups is 3. The molecule has 4 heterocycles. The fourth-order valence-electron chi connectivity index (χ4n) is 5.56. The standard InChI is InChI=1S/C30H37N5O4S/c1-5-20-16-35(26-25(36)17-39-27(20)26)29(38)23(11-6-19(2)3)31-28(37)22-9-7-21(8-10-22)24-18-40-30(32-24)34-14-12-33(4)13-15-34/h1,7-10,18-20,23,26-27H,6,11-17H2,2-4H3,(H,31,37)/t20-,23+,26-,27-/m1/s1. The van der Waals surface area contributed by atoms with E-state index in [9.17, 15) is 14.4 Å². The number of rotatable bonds is 8. The summed E-state index contributed by atoms with van der Waals surface area (Å²) in [5.41, 5.74) is 2.27. The monoisotopic (exact) mass is 563 g/mol. The van der Waals surface area contributed by atoms with Crippen LogP contribution in [0.5, 0.6) is 0 Å². The number of aromatic nitrogens is 1. The zero-order valence-corrected chi connectivity index (χ0v) is 24.2. The highest BCUT2D eigenvalue weighted by Gasteiger charge is 2.52. The molecule has 1 aromatic carbocycles. The summed E-state index contributed by atoms with van der Waals surface area (Å²) in [6.45, 7) is 8.32. The van der Waals surface area contributed by atoms with Crippen LogP contribution in [0.4, 0.5) is 5.13 Å². The average molecular weight is 564 g/mol. The number of nitrogens with zero attached hydrogens (tertiary/aromatic N) is 4. The van der Waals surface area contributed by atoms with Gasteiger partial charge in [0, 0.05) is 49.2 Å². The quantitative estimate of drug-likeness (QED) is 0.494. The Morgan fingerprint density at radius 2 is 1.90 bits per heavy atom. The van der Waals surface area contributed by atoms with Gasteiger partial charge >= 0.3 is 0 Å². The van der Waals surface area contributed by atoms with Crippen molar-refractivity contribution in [2.24, 2.45) is 11.8 Å². The van der Waals surface area contributed by atoms with Crippen molar-refractivity contribution in [1.82, 2.24) is 20.1 Å². The van der Waals surface area contributed by atoms with E-state index in [-0.39, 0.29) is 36.7 Å². The maximum Gasteiger partial charge on any atom is 0.251 e. The molecule has 0 saturated carbocycles. The molecule has 0 spiro atoms. The summed E-state index contributed by atoms with van der Waals surface area (Å²) in [6, 6.07) is 5.86. The Bertz CT molecular complexity index is 1280. The molecule has 5 rings (SSSR count). The number of terminal acetylenes is 1. The molecule has 2 amide bonds. The van der Waals surface area contributed by atoms with Crippen molar-refractivity contribution in [2.45, 2.75) is 44.9 Å². The van der Waals surface area contributed by atoms with E-state index in [2.05, 4.69) is 41.9 Å². The molecule has 212 valence electrons. The third-order valence-corrected chi connectivity index (χ3v) is 8.93. The number of hydrogen-bond acceptors (Lipinski definition) is 8. The van der Waals surface area contributed by atoms with Gasteiger partial charge in [0.1, 0.15) is 24.8 Å². The molecule has 2 aromatic rings. The van der Waals surface area contributed by atoms with Gasteiger partial charge in [-0.05, 0) is 37.9 Å². The molecule has 0 bridgehead atoms. The Hall–Kier alpha value is -3.26. The van der Waals surface area contributed by atoms with Crippen LogP contribution in [-0.4, -0.2) is 96.9 Å². The molecule has 3 saturated heterocycles. The third kappa shape index (κ3) is 5.92. The number of anilines is 1. The normalized spacial score (nSPS) is 23.8. The molecule has 1 N–H and O–H groups in total. The van der Waals surface area contributed by atoms with Crippen LogP contribution < -0.4 is 10.2 Å². The second kappa shape index (κ2) is 12.1. The van der Waals surface area contributed by atoms with Crippen LogP contribution in [-0.2, 0) is 14.3 Å². The van der Waals surface area contributed by atoms with Gasteiger partial charge in [0.15, 0.2) is 10.9 Å². The van der Waals surface area contributed by atoms with Gasteiger partial charge in [-0.25, -0.2) is 4.98 Å². The number of amides is 2. The predicted molar refractivity (Wildman–Crippen MR) is 155 cm³/mol. The minimum Gasteiger partial charge on any atom is -0.366 e. The SMILES string of the molecule is C#C[C@@H]1CN(C(=O)[C@H](CCC(C)C)NC(=O)c2ccc(-c3csc(N4CCN(C)CC4)n3)cc2)[C@@H]2C(=O)CO[C@H]12. The molecule has 3 aliphatic rings. The van der Waals surface area contributed by atoms with Gasteiger partial charge in [0.2, 0.25) is 5.91 Å². The Morgan fingerprint density at radius 1 is 1.18 bits per heavy atom. The molecule has 0 aliphatic carbocycles. The second-order valence-corrected chi connectivity index (χ2v) is 12.2. The fourth-order valence-corrected chi connectivity index (χ4v) is 6.45. The van der Waals surface area contributed by atoms with E-state index in [1.54, 1.807) is 23.5 Å². The molecular weight excluding hydrogens is 526 g/mol. The molecule has 0 radical (unpaired) electrons. The summed E-state index contributed by atoms with van der Waals surface area (Å²) >= 11 is 1.63. The van der Waals surface area contributed by atoms with E-state index in [4.69, 9.17) is 16.1 Å². The first kappa shape index (κ1) is 28.3. The summed E-state index contributed by atoms with van der Waals surface area (Å²) < 4.78 is 5.61. The predicted octanol–water partition coefficient (Wildman–Crippen LogP) is 2.52. The van der Waals surface area contributed by atoms with Gasteiger partial charge in [0.25, 0.3) is 5.91 Å². The van der Waals surface area contributed by atoms with Crippen molar-refractivity contribution in [2.75, 3.05) is 51.3 Å². The molecule has 0 unspecified atom stereocenters. The molecule has 40 heavy (non-hydrogen) atoms. The number of ketones is 1. The maximum atomic E-state index is 13.7. The lowest BCUT2D eigenvalue weighted by Gasteiger charge is -2.32.